The monoisotopic (exact) mass is 288 g/mol. The molecule has 0 unspecified atom stereocenters. The Morgan fingerprint density at radius 2 is 1.67 bits per heavy atom. The highest BCUT2D eigenvalue weighted by molar-refractivity contribution is 6.01. The molecule has 2 rings (SSSR count). The van der Waals surface area contributed by atoms with Crippen LogP contribution in [0.3, 0.4) is 0 Å². The van der Waals surface area contributed by atoms with Gasteiger partial charge in [-0.3, -0.25) is 4.57 Å². The summed E-state index contributed by atoms with van der Waals surface area (Å²) < 4.78 is 11.5. The number of hydrogen-bond donors (Lipinski definition) is 0. The van der Waals surface area contributed by atoms with Crippen LogP contribution >= 0.6 is 0 Å². The molecule has 1 aromatic heterocycles. The number of nitrogens with zero attached hydrogens (tertiary/aromatic N) is 2. The summed E-state index contributed by atoms with van der Waals surface area (Å²) in [4.78, 5) is 28.1. The lowest BCUT2D eigenvalue weighted by molar-refractivity contribution is 0.0469. The van der Waals surface area contributed by atoms with Gasteiger partial charge < -0.3 is 9.47 Å². The molecule has 0 saturated heterocycles. The minimum Gasteiger partial charge on any atom is -0.461 e. The van der Waals surface area contributed by atoms with Crippen molar-refractivity contribution in [3.05, 3.63) is 48.0 Å². The molecule has 0 radical (unpaired) electrons. The Morgan fingerprint density at radius 1 is 1.05 bits per heavy atom. The third-order valence-electron chi connectivity index (χ3n) is 2.74. The van der Waals surface area contributed by atoms with Gasteiger partial charge in [0.1, 0.15) is 6.33 Å². The van der Waals surface area contributed by atoms with Crippen molar-refractivity contribution in [3.63, 3.8) is 0 Å². The van der Waals surface area contributed by atoms with Crippen LogP contribution in [-0.4, -0.2) is 34.7 Å². The summed E-state index contributed by atoms with van der Waals surface area (Å²) in [6.45, 7) is 3.81. The SMILES string of the molecule is CCOC(=O)c1ncn(-c2ccccc2)c1C(=O)OCC. The number of carbonyl (C=O) groups is 2. The van der Waals surface area contributed by atoms with Crippen molar-refractivity contribution in [2.75, 3.05) is 13.2 Å². The Balaban J connectivity index is 2.51. The molecule has 0 aliphatic heterocycles. The number of ether oxygens (including phenoxy) is 2. The predicted octanol–water partition coefficient (Wildman–Crippen LogP) is 2.23. The third-order valence-corrected chi connectivity index (χ3v) is 2.74. The van der Waals surface area contributed by atoms with Gasteiger partial charge in [0.2, 0.25) is 0 Å². The van der Waals surface area contributed by atoms with Crippen molar-refractivity contribution in [2.24, 2.45) is 0 Å². The molecule has 0 fully saturated rings. The van der Waals surface area contributed by atoms with Crippen molar-refractivity contribution in [1.82, 2.24) is 9.55 Å². The molecule has 1 aromatic carbocycles. The summed E-state index contributed by atoms with van der Waals surface area (Å²) in [7, 11) is 0. The van der Waals surface area contributed by atoms with Gasteiger partial charge in [0.25, 0.3) is 0 Å². The van der Waals surface area contributed by atoms with Gasteiger partial charge in [-0.25, -0.2) is 14.6 Å². The van der Waals surface area contributed by atoms with Crippen LogP contribution in [0.1, 0.15) is 34.8 Å². The minimum absolute atomic E-state index is 0.0425. The van der Waals surface area contributed by atoms with Gasteiger partial charge >= 0.3 is 11.9 Å². The fourth-order valence-corrected chi connectivity index (χ4v) is 1.88. The predicted molar refractivity (Wildman–Crippen MR) is 75.5 cm³/mol. The third kappa shape index (κ3) is 3.10. The fourth-order valence-electron chi connectivity index (χ4n) is 1.88. The lowest BCUT2D eigenvalue weighted by Crippen LogP contribution is -2.17. The fraction of sp³-hybridized carbons (Fsp3) is 0.267. The second kappa shape index (κ2) is 6.69. The summed E-state index contributed by atoms with van der Waals surface area (Å²) in [5.74, 6) is -1.25. The summed E-state index contributed by atoms with van der Waals surface area (Å²) in [5.41, 5.74) is 0.740. The number of aromatic nitrogens is 2. The van der Waals surface area contributed by atoms with Gasteiger partial charge in [-0.15, -0.1) is 0 Å². The summed E-state index contributed by atoms with van der Waals surface area (Å²) in [5, 5.41) is 0. The van der Waals surface area contributed by atoms with Crippen molar-refractivity contribution in [3.8, 4) is 5.69 Å². The maximum absolute atomic E-state index is 12.1. The van der Waals surface area contributed by atoms with E-state index in [2.05, 4.69) is 4.98 Å². The molecule has 6 nitrogen and oxygen atoms in total. The molecule has 21 heavy (non-hydrogen) atoms. The molecular weight excluding hydrogens is 272 g/mol. The van der Waals surface area contributed by atoms with Gasteiger partial charge in [0.05, 0.1) is 13.2 Å². The van der Waals surface area contributed by atoms with E-state index in [-0.39, 0.29) is 24.6 Å². The lowest BCUT2D eigenvalue weighted by atomic mass is 10.2. The number of imidazole rings is 1. The Labute approximate surface area is 122 Å². The molecule has 0 N–H and O–H groups in total. The van der Waals surface area contributed by atoms with E-state index in [9.17, 15) is 9.59 Å². The molecule has 0 aliphatic rings. The highest BCUT2D eigenvalue weighted by Crippen LogP contribution is 2.17. The molecule has 6 heteroatoms. The zero-order chi connectivity index (χ0) is 15.2. The van der Waals surface area contributed by atoms with Crippen LogP contribution in [0.25, 0.3) is 5.69 Å². The largest absolute Gasteiger partial charge is 0.461 e. The average Bonchev–Trinajstić information content (AvgIpc) is 2.93. The molecule has 0 aliphatic carbocycles. The van der Waals surface area contributed by atoms with Gasteiger partial charge in [-0.2, -0.15) is 0 Å². The first-order valence-corrected chi connectivity index (χ1v) is 6.66. The number of benzene rings is 1. The van der Waals surface area contributed by atoms with Crippen LogP contribution in [0.5, 0.6) is 0 Å². The van der Waals surface area contributed by atoms with E-state index in [0.717, 1.165) is 0 Å². The molecule has 0 spiro atoms. The van der Waals surface area contributed by atoms with E-state index in [1.54, 1.807) is 26.0 Å². The van der Waals surface area contributed by atoms with Gasteiger partial charge in [-0.05, 0) is 26.0 Å². The Kier molecular flexibility index (Phi) is 4.71. The Hall–Kier alpha value is -2.63. The highest BCUT2D eigenvalue weighted by Gasteiger charge is 2.26. The van der Waals surface area contributed by atoms with Crippen LogP contribution in [-0.2, 0) is 9.47 Å². The molecular formula is C15H16N2O4. The summed E-state index contributed by atoms with van der Waals surface area (Å²) in [6.07, 6.45) is 1.41. The molecule has 0 amide bonds. The molecule has 110 valence electrons. The average molecular weight is 288 g/mol. The summed E-state index contributed by atoms with van der Waals surface area (Å²) >= 11 is 0. The van der Waals surface area contributed by atoms with Gasteiger partial charge in [-0.1, -0.05) is 18.2 Å². The van der Waals surface area contributed by atoms with E-state index in [0.29, 0.717) is 5.69 Å². The normalized spacial score (nSPS) is 10.2. The van der Waals surface area contributed by atoms with Crippen LogP contribution in [0.2, 0.25) is 0 Å². The number of carbonyl (C=O) groups excluding carboxylic acids is 2. The van der Waals surface area contributed by atoms with Crippen LogP contribution in [0.4, 0.5) is 0 Å². The zero-order valence-electron chi connectivity index (χ0n) is 11.9. The molecule has 0 saturated carbocycles. The van der Waals surface area contributed by atoms with Gasteiger partial charge in [0, 0.05) is 5.69 Å². The number of rotatable bonds is 5. The lowest BCUT2D eigenvalue weighted by Gasteiger charge is -2.08. The zero-order valence-corrected chi connectivity index (χ0v) is 11.9. The second-order valence-corrected chi connectivity index (χ2v) is 4.09. The van der Waals surface area contributed by atoms with Crippen LogP contribution in [0, 0.1) is 0 Å². The summed E-state index contributed by atoms with van der Waals surface area (Å²) in [6, 6.07) is 9.12. The van der Waals surface area contributed by atoms with E-state index in [1.807, 2.05) is 18.2 Å². The number of para-hydroxylation sites is 1. The second-order valence-electron chi connectivity index (χ2n) is 4.09. The molecule has 0 atom stereocenters. The molecule has 2 aromatic rings. The van der Waals surface area contributed by atoms with Crippen molar-refractivity contribution < 1.29 is 19.1 Å². The maximum Gasteiger partial charge on any atom is 0.359 e. The highest BCUT2D eigenvalue weighted by atomic mass is 16.5. The standard InChI is InChI=1S/C15H16N2O4/c1-3-20-14(18)12-13(15(19)21-4-2)17(10-16-12)11-8-6-5-7-9-11/h5-10H,3-4H2,1-2H3. The smallest absolute Gasteiger partial charge is 0.359 e. The molecule has 0 bridgehead atoms. The first-order valence-electron chi connectivity index (χ1n) is 6.66. The van der Waals surface area contributed by atoms with Gasteiger partial charge in [0.15, 0.2) is 11.4 Å². The van der Waals surface area contributed by atoms with Crippen molar-refractivity contribution >= 4 is 11.9 Å². The van der Waals surface area contributed by atoms with Crippen molar-refractivity contribution in [1.29, 1.82) is 0 Å². The maximum atomic E-state index is 12.1. The van der Waals surface area contributed by atoms with Crippen molar-refractivity contribution in [2.45, 2.75) is 13.8 Å². The molecule has 1 heterocycles. The first-order chi connectivity index (χ1) is 10.2. The Morgan fingerprint density at radius 3 is 2.29 bits per heavy atom. The van der Waals surface area contributed by atoms with E-state index in [4.69, 9.17) is 9.47 Å². The van der Waals surface area contributed by atoms with Crippen LogP contribution in [0.15, 0.2) is 36.7 Å². The van der Waals surface area contributed by atoms with E-state index in [1.165, 1.54) is 10.9 Å². The number of hydrogen-bond acceptors (Lipinski definition) is 5. The minimum atomic E-state index is -0.643. The quantitative estimate of drug-likeness (QED) is 0.789. The first kappa shape index (κ1) is 14.8. The topological polar surface area (TPSA) is 70.4 Å². The van der Waals surface area contributed by atoms with Crippen LogP contribution < -0.4 is 0 Å². The van der Waals surface area contributed by atoms with E-state index >= 15 is 0 Å². The van der Waals surface area contributed by atoms with E-state index < -0.39 is 11.9 Å². The number of esters is 2. The Bertz CT molecular complexity index is 634.